The van der Waals surface area contributed by atoms with E-state index >= 15 is 0 Å². The Morgan fingerprint density at radius 2 is 1.87 bits per heavy atom. The highest BCUT2D eigenvalue weighted by Gasteiger charge is 2.24. The Morgan fingerprint density at radius 1 is 1.13 bits per heavy atom. The minimum absolute atomic E-state index is 0.00235. The number of hydrogen-bond donors (Lipinski definition) is 0. The molecular weight excluding hydrogens is 406 g/mol. The summed E-state index contributed by atoms with van der Waals surface area (Å²) in [5.41, 5.74) is 0.661. The predicted octanol–water partition coefficient (Wildman–Crippen LogP) is 3.77. The molecule has 3 aromatic rings. The number of nitrogens with zero attached hydrogens (tertiary/aromatic N) is 3. The van der Waals surface area contributed by atoms with Gasteiger partial charge in [0.2, 0.25) is 0 Å². The number of hydrogen-bond acceptors (Lipinski definition) is 7. The molecule has 0 spiro atoms. The standard InChI is InChI=1S/C21H23N3O5S/c1-4-24(17-10-6-5-7-11-17)30(26,27)18-12-8-9-16(13-18)21(25)28-14-19-22-20(15(2)3)23-29-19/h5-13,15H,4,14H2,1-3H3. The summed E-state index contributed by atoms with van der Waals surface area (Å²) in [6, 6.07) is 14.5. The van der Waals surface area contributed by atoms with E-state index in [1.54, 1.807) is 31.2 Å². The number of anilines is 1. The van der Waals surface area contributed by atoms with Gasteiger partial charge < -0.3 is 9.26 Å². The van der Waals surface area contributed by atoms with Gasteiger partial charge in [-0.05, 0) is 37.3 Å². The second-order valence-corrected chi connectivity index (χ2v) is 8.67. The van der Waals surface area contributed by atoms with E-state index in [9.17, 15) is 13.2 Å². The minimum atomic E-state index is -3.85. The van der Waals surface area contributed by atoms with E-state index in [0.29, 0.717) is 11.5 Å². The number of carbonyl (C=O) groups is 1. The molecule has 3 rings (SSSR count). The van der Waals surface area contributed by atoms with Crippen molar-refractivity contribution in [1.82, 2.24) is 10.1 Å². The van der Waals surface area contributed by atoms with Gasteiger partial charge in [0.1, 0.15) is 0 Å². The van der Waals surface area contributed by atoms with Gasteiger partial charge in [-0.1, -0.05) is 43.3 Å². The van der Waals surface area contributed by atoms with Crippen molar-refractivity contribution in [2.75, 3.05) is 10.8 Å². The molecule has 0 fully saturated rings. The topological polar surface area (TPSA) is 103 Å². The van der Waals surface area contributed by atoms with E-state index < -0.39 is 16.0 Å². The van der Waals surface area contributed by atoms with Gasteiger partial charge in [0.15, 0.2) is 12.4 Å². The molecule has 2 aromatic carbocycles. The summed E-state index contributed by atoms with van der Waals surface area (Å²) in [5, 5.41) is 3.81. The monoisotopic (exact) mass is 429 g/mol. The number of ether oxygens (including phenoxy) is 1. The minimum Gasteiger partial charge on any atom is -0.452 e. The van der Waals surface area contributed by atoms with E-state index in [1.807, 2.05) is 19.9 Å². The number of esters is 1. The largest absolute Gasteiger partial charge is 0.452 e. The molecule has 1 aromatic heterocycles. The number of rotatable bonds is 8. The molecule has 0 radical (unpaired) electrons. The quantitative estimate of drug-likeness (QED) is 0.502. The highest BCUT2D eigenvalue weighted by molar-refractivity contribution is 7.92. The van der Waals surface area contributed by atoms with E-state index in [1.165, 1.54) is 28.6 Å². The first-order valence-electron chi connectivity index (χ1n) is 9.50. The maximum absolute atomic E-state index is 13.1. The maximum Gasteiger partial charge on any atom is 0.338 e. The first-order chi connectivity index (χ1) is 14.3. The lowest BCUT2D eigenvalue weighted by atomic mass is 10.2. The fourth-order valence-corrected chi connectivity index (χ4v) is 4.29. The number of carbonyl (C=O) groups excluding carboxylic acids is 1. The van der Waals surface area contributed by atoms with Gasteiger partial charge in [-0.3, -0.25) is 4.31 Å². The van der Waals surface area contributed by atoms with E-state index in [0.717, 1.165) is 0 Å². The zero-order valence-electron chi connectivity index (χ0n) is 17.0. The second-order valence-electron chi connectivity index (χ2n) is 6.81. The molecule has 0 atom stereocenters. The average Bonchev–Trinajstić information content (AvgIpc) is 3.23. The Balaban J connectivity index is 1.78. The molecule has 1 heterocycles. The second kappa shape index (κ2) is 9.08. The summed E-state index contributed by atoms with van der Waals surface area (Å²) in [6.45, 7) is 5.64. The zero-order valence-corrected chi connectivity index (χ0v) is 17.8. The van der Waals surface area contributed by atoms with Crippen molar-refractivity contribution in [3.8, 4) is 0 Å². The van der Waals surface area contributed by atoms with Crippen LogP contribution < -0.4 is 4.31 Å². The van der Waals surface area contributed by atoms with Gasteiger partial charge in [-0.2, -0.15) is 4.98 Å². The fraction of sp³-hybridized carbons (Fsp3) is 0.286. The highest BCUT2D eigenvalue weighted by Crippen LogP contribution is 2.24. The molecule has 0 amide bonds. The highest BCUT2D eigenvalue weighted by atomic mass is 32.2. The van der Waals surface area contributed by atoms with Gasteiger partial charge in [-0.25, -0.2) is 13.2 Å². The molecule has 0 aliphatic carbocycles. The third kappa shape index (κ3) is 4.68. The van der Waals surface area contributed by atoms with Crippen LogP contribution in [0, 0.1) is 0 Å². The maximum atomic E-state index is 13.1. The van der Waals surface area contributed by atoms with Crippen LogP contribution in [0.2, 0.25) is 0 Å². The van der Waals surface area contributed by atoms with Crippen molar-refractivity contribution in [2.24, 2.45) is 0 Å². The van der Waals surface area contributed by atoms with Crippen LogP contribution >= 0.6 is 0 Å². The smallest absolute Gasteiger partial charge is 0.338 e. The van der Waals surface area contributed by atoms with Crippen molar-refractivity contribution in [3.63, 3.8) is 0 Å². The van der Waals surface area contributed by atoms with Crippen LogP contribution in [0.3, 0.4) is 0 Å². The fourth-order valence-electron chi connectivity index (χ4n) is 2.77. The van der Waals surface area contributed by atoms with Crippen LogP contribution in [0.15, 0.2) is 64.0 Å². The third-order valence-corrected chi connectivity index (χ3v) is 6.22. The molecule has 0 aliphatic heterocycles. The third-order valence-electron chi connectivity index (χ3n) is 4.32. The SMILES string of the molecule is CCN(c1ccccc1)S(=O)(=O)c1cccc(C(=O)OCc2nc(C(C)C)no2)c1. The van der Waals surface area contributed by atoms with E-state index in [4.69, 9.17) is 9.26 Å². The summed E-state index contributed by atoms with van der Waals surface area (Å²) < 4.78 is 37.8. The van der Waals surface area contributed by atoms with Gasteiger partial charge in [0.25, 0.3) is 15.9 Å². The van der Waals surface area contributed by atoms with Gasteiger partial charge in [0, 0.05) is 12.5 Å². The number of benzene rings is 2. The lowest BCUT2D eigenvalue weighted by Crippen LogP contribution is -2.30. The molecule has 0 saturated heterocycles. The summed E-state index contributed by atoms with van der Waals surface area (Å²) in [5.74, 6) is 0.108. The molecule has 0 aliphatic rings. The number of sulfonamides is 1. The number of aromatic nitrogens is 2. The summed E-state index contributed by atoms with van der Waals surface area (Å²) in [7, 11) is -3.85. The van der Waals surface area contributed by atoms with E-state index in [2.05, 4.69) is 10.1 Å². The molecule has 158 valence electrons. The van der Waals surface area contributed by atoms with Gasteiger partial charge in [-0.15, -0.1) is 0 Å². The van der Waals surface area contributed by atoms with Crippen LogP contribution in [0.1, 0.15) is 48.8 Å². The lowest BCUT2D eigenvalue weighted by molar-refractivity contribution is 0.0429. The van der Waals surface area contributed by atoms with Crippen molar-refractivity contribution in [2.45, 2.75) is 38.2 Å². The summed E-state index contributed by atoms with van der Waals surface area (Å²) >= 11 is 0. The lowest BCUT2D eigenvalue weighted by Gasteiger charge is -2.23. The Bertz CT molecular complexity index is 1110. The molecule has 0 bridgehead atoms. The first-order valence-corrected chi connectivity index (χ1v) is 10.9. The Labute approximate surface area is 175 Å². The normalized spacial score (nSPS) is 11.5. The van der Waals surface area contributed by atoms with Gasteiger partial charge >= 0.3 is 5.97 Å². The zero-order chi connectivity index (χ0) is 21.7. The molecule has 0 saturated carbocycles. The van der Waals surface area contributed by atoms with Crippen LogP contribution in [0.4, 0.5) is 5.69 Å². The van der Waals surface area contributed by atoms with Crippen molar-refractivity contribution in [3.05, 3.63) is 71.9 Å². The first kappa shape index (κ1) is 21.5. The van der Waals surface area contributed by atoms with Crippen molar-refractivity contribution in [1.29, 1.82) is 0 Å². The predicted molar refractivity (Wildman–Crippen MR) is 111 cm³/mol. The molecule has 0 N–H and O–H groups in total. The molecule has 30 heavy (non-hydrogen) atoms. The molecule has 9 heteroatoms. The molecule has 0 unspecified atom stereocenters. The van der Waals surface area contributed by atoms with Crippen molar-refractivity contribution < 1.29 is 22.5 Å². The summed E-state index contributed by atoms with van der Waals surface area (Å²) in [4.78, 5) is 16.6. The molecule has 8 nitrogen and oxygen atoms in total. The van der Waals surface area contributed by atoms with E-state index in [-0.39, 0.29) is 35.4 Å². The summed E-state index contributed by atoms with van der Waals surface area (Å²) in [6.07, 6.45) is 0. The van der Waals surface area contributed by atoms with Crippen LogP contribution in [-0.4, -0.2) is 31.1 Å². The number of para-hydroxylation sites is 1. The van der Waals surface area contributed by atoms with Crippen LogP contribution in [0.5, 0.6) is 0 Å². The van der Waals surface area contributed by atoms with Crippen LogP contribution in [0.25, 0.3) is 0 Å². The Kier molecular flexibility index (Phi) is 6.51. The van der Waals surface area contributed by atoms with Crippen molar-refractivity contribution >= 4 is 21.7 Å². The average molecular weight is 429 g/mol. The Morgan fingerprint density at radius 3 is 2.50 bits per heavy atom. The van der Waals surface area contributed by atoms with Crippen LogP contribution in [-0.2, 0) is 21.4 Å². The van der Waals surface area contributed by atoms with Gasteiger partial charge in [0.05, 0.1) is 16.1 Å². The molecular formula is C21H23N3O5S. The Hall–Kier alpha value is -3.20.